The number of halogens is 1. The normalized spacial score (nSPS) is 9.76. The fraction of sp³-hybridized carbons (Fsp3) is 0.182. The second kappa shape index (κ2) is 5.26. The largest absolute Gasteiger partial charge is 1.00 e. The van der Waals surface area contributed by atoms with E-state index >= 15 is 0 Å². The van der Waals surface area contributed by atoms with Crippen LogP contribution in [0.4, 0.5) is 5.69 Å². The summed E-state index contributed by atoms with van der Waals surface area (Å²) in [4.78, 5) is 10.6. The van der Waals surface area contributed by atoms with Crippen LogP contribution in [0.1, 0.15) is 0 Å². The number of non-ortho nitro benzene ring substituents is 1. The molecule has 0 aliphatic rings. The third-order valence-corrected chi connectivity index (χ3v) is 2.46. The van der Waals surface area contributed by atoms with Crippen LogP contribution < -0.4 is 33.3 Å². The number of aromatic nitrogens is 1. The predicted molar refractivity (Wildman–Crippen MR) is 58.3 cm³/mol. The first kappa shape index (κ1) is 13.6. The third kappa shape index (κ3) is 2.46. The monoisotopic (exact) mass is 346 g/mol. The summed E-state index contributed by atoms with van der Waals surface area (Å²) >= 11 is 0. The minimum atomic E-state index is -0.398. The van der Waals surface area contributed by atoms with Crippen molar-refractivity contribution in [2.45, 2.75) is 0 Å². The Hall–Kier alpha value is -1.44. The summed E-state index contributed by atoms with van der Waals surface area (Å²) in [5.74, 6) is 0.491. The fourth-order valence-electron chi connectivity index (χ4n) is 1.73. The van der Waals surface area contributed by atoms with Crippen molar-refractivity contribution >= 4 is 16.6 Å². The van der Waals surface area contributed by atoms with E-state index in [0.29, 0.717) is 11.3 Å². The quantitative estimate of drug-likeness (QED) is 0.291. The van der Waals surface area contributed by atoms with Crippen LogP contribution in [0.2, 0.25) is 0 Å². The lowest BCUT2D eigenvalue weighted by atomic mass is 10.1. The lowest BCUT2D eigenvalue weighted by molar-refractivity contribution is -0.646. The number of fused-ring (bicyclic) bond motifs is 1. The molecule has 6 heteroatoms. The van der Waals surface area contributed by atoms with E-state index in [9.17, 15) is 10.1 Å². The van der Waals surface area contributed by atoms with Gasteiger partial charge in [-0.1, -0.05) is 0 Å². The van der Waals surface area contributed by atoms with E-state index in [-0.39, 0.29) is 29.7 Å². The molecule has 0 saturated heterocycles. The van der Waals surface area contributed by atoms with E-state index in [1.54, 1.807) is 23.9 Å². The number of aryl methyl sites for hydroxylation is 1. The second-order valence-electron chi connectivity index (χ2n) is 3.46. The number of rotatable bonds is 2. The molecular formula is C11H11IN2O3. The minimum absolute atomic E-state index is 0. The van der Waals surface area contributed by atoms with Crippen LogP contribution in [-0.4, -0.2) is 12.0 Å². The summed E-state index contributed by atoms with van der Waals surface area (Å²) in [6.07, 6.45) is 1.78. The maximum Gasteiger partial charge on any atom is 0.344 e. The number of nitro groups is 1. The molecule has 0 saturated carbocycles. The zero-order valence-electron chi connectivity index (χ0n) is 9.38. The van der Waals surface area contributed by atoms with Crippen molar-refractivity contribution in [1.82, 2.24) is 0 Å². The molecule has 0 aliphatic carbocycles. The maximum atomic E-state index is 11.0. The molecule has 0 atom stereocenters. The number of nitrogens with zero attached hydrogens (tertiary/aromatic N) is 2. The maximum absolute atomic E-state index is 11.0. The standard InChI is InChI=1S/C11H11N2O3.HI/c1-12-5-3-4-8-6-9(16-2)7-10(11(8)12)13(14)15;/h3-7H,1-2H3;1H/q+1;/p-1. The van der Waals surface area contributed by atoms with Crippen molar-refractivity contribution in [1.29, 1.82) is 0 Å². The van der Waals surface area contributed by atoms with Gasteiger partial charge in [-0.05, 0) is 12.1 Å². The summed E-state index contributed by atoms with van der Waals surface area (Å²) in [5.41, 5.74) is 0.644. The Morgan fingerprint density at radius 3 is 2.71 bits per heavy atom. The second-order valence-corrected chi connectivity index (χ2v) is 3.46. The lowest BCUT2D eigenvalue weighted by Gasteiger charge is -2.02. The highest BCUT2D eigenvalue weighted by molar-refractivity contribution is 5.85. The molecule has 0 spiro atoms. The number of hydrogen-bond acceptors (Lipinski definition) is 3. The first-order valence-corrected chi connectivity index (χ1v) is 4.74. The highest BCUT2D eigenvalue weighted by Gasteiger charge is 2.21. The van der Waals surface area contributed by atoms with Gasteiger partial charge < -0.3 is 28.7 Å². The Kier molecular flexibility index (Phi) is 4.22. The molecule has 0 unspecified atom stereocenters. The molecule has 0 fully saturated rings. The summed E-state index contributed by atoms with van der Waals surface area (Å²) in [6.45, 7) is 0. The van der Waals surface area contributed by atoms with Gasteiger partial charge in [-0.3, -0.25) is 10.1 Å². The Balaban J connectivity index is 0.00000144. The molecule has 1 aromatic heterocycles. The first-order valence-electron chi connectivity index (χ1n) is 4.74. The highest BCUT2D eigenvalue weighted by atomic mass is 127. The SMILES string of the molecule is COc1cc([N+](=O)[O-])c2c(ccc[n+]2C)c1.[I-]. The predicted octanol–water partition coefficient (Wildman–Crippen LogP) is -1.41. The molecule has 0 N–H and O–H groups in total. The molecule has 90 valence electrons. The number of hydrogen-bond donors (Lipinski definition) is 0. The van der Waals surface area contributed by atoms with Crippen LogP contribution in [0.5, 0.6) is 5.75 Å². The van der Waals surface area contributed by atoms with Crippen LogP contribution >= 0.6 is 0 Å². The Labute approximate surface area is 115 Å². The lowest BCUT2D eigenvalue weighted by Crippen LogP contribution is -3.00. The Morgan fingerprint density at radius 2 is 2.12 bits per heavy atom. The molecule has 5 nitrogen and oxygen atoms in total. The molecule has 0 radical (unpaired) electrons. The molecule has 2 rings (SSSR count). The number of methoxy groups -OCH3 is 1. The smallest absolute Gasteiger partial charge is 0.344 e. The summed E-state index contributed by atoms with van der Waals surface area (Å²) in [6, 6.07) is 6.88. The van der Waals surface area contributed by atoms with Gasteiger partial charge in [0.1, 0.15) is 12.8 Å². The van der Waals surface area contributed by atoms with Crippen LogP contribution in [0, 0.1) is 10.1 Å². The van der Waals surface area contributed by atoms with Crippen molar-refractivity contribution in [2.24, 2.45) is 7.05 Å². The summed E-state index contributed by atoms with van der Waals surface area (Å²) in [7, 11) is 3.27. The van der Waals surface area contributed by atoms with E-state index in [0.717, 1.165) is 5.39 Å². The van der Waals surface area contributed by atoms with Gasteiger partial charge in [-0.2, -0.15) is 4.57 Å². The van der Waals surface area contributed by atoms with Crippen LogP contribution in [0.15, 0.2) is 30.5 Å². The van der Waals surface area contributed by atoms with Crippen molar-refractivity contribution in [3.05, 3.63) is 40.6 Å². The van der Waals surface area contributed by atoms with E-state index in [1.165, 1.54) is 13.2 Å². The Morgan fingerprint density at radius 1 is 1.41 bits per heavy atom. The number of benzene rings is 1. The average Bonchev–Trinajstić information content (AvgIpc) is 2.27. The van der Waals surface area contributed by atoms with E-state index in [2.05, 4.69) is 0 Å². The van der Waals surface area contributed by atoms with Gasteiger partial charge in [0.25, 0.3) is 5.52 Å². The first-order chi connectivity index (χ1) is 7.63. The van der Waals surface area contributed by atoms with Crippen LogP contribution in [0.3, 0.4) is 0 Å². The number of ether oxygens (including phenoxy) is 1. The van der Waals surface area contributed by atoms with Crippen molar-refractivity contribution in [2.75, 3.05) is 7.11 Å². The fourth-order valence-corrected chi connectivity index (χ4v) is 1.73. The van der Waals surface area contributed by atoms with Crippen LogP contribution in [-0.2, 0) is 7.05 Å². The number of pyridine rings is 1. The zero-order valence-corrected chi connectivity index (χ0v) is 11.5. The zero-order chi connectivity index (χ0) is 11.7. The average molecular weight is 346 g/mol. The van der Waals surface area contributed by atoms with E-state index in [4.69, 9.17) is 4.74 Å². The molecule has 0 bridgehead atoms. The molecule has 2 aromatic rings. The molecule has 17 heavy (non-hydrogen) atoms. The van der Waals surface area contributed by atoms with Gasteiger partial charge >= 0.3 is 5.69 Å². The Bertz CT molecular complexity index is 572. The summed E-state index contributed by atoms with van der Waals surface area (Å²) in [5, 5.41) is 11.8. The highest BCUT2D eigenvalue weighted by Crippen LogP contribution is 2.28. The van der Waals surface area contributed by atoms with Gasteiger partial charge in [0, 0.05) is 6.07 Å². The minimum Gasteiger partial charge on any atom is -1.00 e. The summed E-state index contributed by atoms with van der Waals surface area (Å²) < 4.78 is 6.77. The van der Waals surface area contributed by atoms with E-state index in [1.807, 2.05) is 12.1 Å². The molecule has 1 heterocycles. The van der Waals surface area contributed by atoms with Gasteiger partial charge in [-0.25, -0.2) is 0 Å². The molecule has 0 amide bonds. The molecule has 0 aliphatic heterocycles. The van der Waals surface area contributed by atoms with Crippen molar-refractivity contribution in [3.63, 3.8) is 0 Å². The van der Waals surface area contributed by atoms with Gasteiger partial charge in [0.05, 0.1) is 23.5 Å². The molecule has 1 aromatic carbocycles. The van der Waals surface area contributed by atoms with Crippen molar-refractivity contribution < 1.29 is 38.2 Å². The van der Waals surface area contributed by atoms with E-state index < -0.39 is 4.92 Å². The number of nitro benzene ring substituents is 1. The topological polar surface area (TPSA) is 56.3 Å². The van der Waals surface area contributed by atoms with Crippen LogP contribution in [0.25, 0.3) is 10.9 Å². The van der Waals surface area contributed by atoms with Gasteiger partial charge in [-0.15, -0.1) is 0 Å². The molecular weight excluding hydrogens is 335 g/mol. The third-order valence-electron chi connectivity index (χ3n) is 2.46. The van der Waals surface area contributed by atoms with Crippen molar-refractivity contribution in [3.8, 4) is 5.75 Å². The van der Waals surface area contributed by atoms with Gasteiger partial charge in [0.15, 0.2) is 6.20 Å². The van der Waals surface area contributed by atoms with Gasteiger partial charge in [0.2, 0.25) is 0 Å².